The Hall–Kier alpha value is -3.08. The Labute approximate surface area is 140 Å². The number of carbonyl (C=O) groups excluding carboxylic acids is 1. The molecule has 5 nitrogen and oxygen atoms in total. The summed E-state index contributed by atoms with van der Waals surface area (Å²) in [5.74, 6) is -0.900. The number of ether oxygens (including phenoxy) is 1. The smallest absolute Gasteiger partial charge is 0.326 e. The van der Waals surface area contributed by atoms with Crippen LogP contribution in [0.15, 0.2) is 60.7 Å². The van der Waals surface area contributed by atoms with E-state index in [1.165, 1.54) is 6.08 Å². The van der Waals surface area contributed by atoms with E-state index in [9.17, 15) is 14.7 Å². The molecule has 0 saturated carbocycles. The highest BCUT2D eigenvalue weighted by atomic mass is 16.5. The zero-order valence-electron chi connectivity index (χ0n) is 13.3. The second-order valence-electron chi connectivity index (χ2n) is 5.16. The lowest BCUT2D eigenvalue weighted by Gasteiger charge is -2.13. The molecule has 0 unspecified atom stereocenters. The number of hydrogen-bond acceptors (Lipinski definition) is 3. The van der Waals surface area contributed by atoms with Gasteiger partial charge in [-0.25, -0.2) is 4.79 Å². The highest BCUT2D eigenvalue weighted by Crippen LogP contribution is 2.18. The van der Waals surface area contributed by atoms with E-state index in [1.54, 1.807) is 25.3 Å². The quantitative estimate of drug-likeness (QED) is 0.767. The number of benzene rings is 2. The maximum atomic E-state index is 12.0. The van der Waals surface area contributed by atoms with Crippen LogP contribution in [0.25, 0.3) is 6.08 Å². The number of carboxylic acid groups (broad SMARTS) is 1. The van der Waals surface area contributed by atoms with Crippen LogP contribution in [0.3, 0.4) is 0 Å². The summed E-state index contributed by atoms with van der Waals surface area (Å²) in [6.45, 7) is 0. The van der Waals surface area contributed by atoms with Crippen LogP contribution in [-0.4, -0.2) is 30.1 Å². The first-order chi connectivity index (χ1) is 11.6. The summed E-state index contributed by atoms with van der Waals surface area (Å²) in [5.41, 5.74) is 1.59. The molecular formula is C19H19NO4. The average Bonchev–Trinajstić information content (AvgIpc) is 2.60. The van der Waals surface area contributed by atoms with Gasteiger partial charge in [-0.15, -0.1) is 0 Å². The minimum absolute atomic E-state index is 0.227. The van der Waals surface area contributed by atoms with E-state index in [1.807, 2.05) is 42.5 Å². The van der Waals surface area contributed by atoms with Crippen molar-refractivity contribution in [1.82, 2.24) is 5.32 Å². The van der Waals surface area contributed by atoms with Gasteiger partial charge in [0.2, 0.25) is 5.91 Å². The van der Waals surface area contributed by atoms with E-state index >= 15 is 0 Å². The molecule has 0 saturated heterocycles. The van der Waals surface area contributed by atoms with Crippen LogP contribution in [0.4, 0.5) is 0 Å². The number of rotatable bonds is 7. The number of methoxy groups -OCH3 is 1. The van der Waals surface area contributed by atoms with Gasteiger partial charge in [-0.1, -0.05) is 48.5 Å². The van der Waals surface area contributed by atoms with Crippen LogP contribution in [0.5, 0.6) is 5.75 Å². The second kappa shape index (κ2) is 8.53. The Morgan fingerprint density at radius 2 is 1.79 bits per heavy atom. The number of amides is 1. The maximum absolute atomic E-state index is 12.0. The van der Waals surface area contributed by atoms with Crippen LogP contribution in [0, 0.1) is 0 Å². The van der Waals surface area contributed by atoms with Gasteiger partial charge in [0, 0.05) is 18.1 Å². The Kier molecular flexibility index (Phi) is 6.14. The van der Waals surface area contributed by atoms with Crippen LogP contribution in [0.1, 0.15) is 11.1 Å². The largest absolute Gasteiger partial charge is 0.496 e. The van der Waals surface area contributed by atoms with Crippen molar-refractivity contribution in [2.75, 3.05) is 7.11 Å². The minimum atomic E-state index is -1.07. The molecule has 2 N–H and O–H groups in total. The number of nitrogens with one attached hydrogen (secondary N) is 1. The molecule has 0 aliphatic heterocycles. The normalized spacial score (nSPS) is 11.9. The summed E-state index contributed by atoms with van der Waals surface area (Å²) >= 11 is 0. The molecule has 5 heteroatoms. The summed E-state index contributed by atoms with van der Waals surface area (Å²) in [4.78, 5) is 23.4. The molecule has 1 atom stereocenters. The third-order valence-electron chi connectivity index (χ3n) is 3.45. The summed E-state index contributed by atoms with van der Waals surface area (Å²) in [5, 5.41) is 11.8. The highest BCUT2D eigenvalue weighted by Gasteiger charge is 2.19. The SMILES string of the molecule is COc1ccccc1/C=C/C(=O)N[C@H](Cc1ccccc1)C(=O)O. The number of para-hydroxylation sites is 1. The summed E-state index contributed by atoms with van der Waals surface area (Å²) in [6.07, 6.45) is 3.12. The standard InChI is InChI=1S/C19H19NO4/c1-24-17-10-6-5-9-15(17)11-12-18(21)20-16(19(22)23)13-14-7-3-2-4-8-14/h2-12,16H,13H2,1H3,(H,20,21)(H,22,23)/b12-11+/t16-/m1/s1. The molecule has 0 aliphatic rings. The Morgan fingerprint density at radius 3 is 2.46 bits per heavy atom. The van der Waals surface area contributed by atoms with Gasteiger partial charge in [0.05, 0.1) is 7.11 Å². The Balaban J connectivity index is 2.03. The molecular weight excluding hydrogens is 306 g/mol. The van der Waals surface area contributed by atoms with E-state index in [0.29, 0.717) is 5.75 Å². The predicted octanol–water partition coefficient (Wildman–Crippen LogP) is 2.52. The lowest BCUT2D eigenvalue weighted by atomic mass is 10.1. The molecule has 2 aromatic carbocycles. The monoisotopic (exact) mass is 325 g/mol. The van der Waals surface area contributed by atoms with Gasteiger partial charge in [0.1, 0.15) is 11.8 Å². The predicted molar refractivity (Wildman–Crippen MR) is 91.7 cm³/mol. The van der Waals surface area contributed by atoms with Gasteiger partial charge >= 0.3 is 5.97 Å². The average molecular weight is 325 g/mol. The fraction of sp³-hybridized carbons (Fsp3) is 0.158. The van der Waals surface area contributed by atoms with Crippen molar-refractivity contribution in [2.45, 2.75) is 12.5 Å². The fourth-order valence-electron chi connectivity index (χ4n) is 2.24. The van der Waals surface area contributed by atoms with Gasteiger partial charge in [-0.2, -0.15) is 0 Å². The number of aliphatic carboxylic acids is 1. The van der Waals surface area contributed by atoms with Gasteiger partial charge in [-0.05, 0) is 17.7 Å². The van der Waals surface area contributed by atoms with Crippen molar-refractivity contribution < 1.29 is 19.4 Å². The van der Waals surface area contributed by atoms with E-state index in [0.717, 1.165) is 11.1 Å². The molecule has 124 valence electrons. The third kappa shape index (κ3) is 4.98. The lowest BCUT2D eigenvalue weighted by Crippen LogP contribution is -2.41. The van der Waals surface area contributed by atoms with Crippen LogP contribution < -0.4 is 10.1 Å². The molecule has 0 spiro atoms. The fourth-order valence-corrected chi connectivity index (χ4v) is 2.24. The molecule has 24 heavy (non-hydrogen) atoms. The third-order valence-corrected chi connectivity index (χ3v) is 3.45. The summed E-state index contributed by atoms with van der Waals surface area (Å²) in [6, 6.07) is 15.4. The molecule has 2 aromatic rings. The maximum Gasteiger partial charge on any atom is 0.326 e. The first-order valence-electron chi connectivity index (χ1n) is 7.48. The topological polar surface area (TPSA) is 75.6 Å². The highest BCUT2D eigenvalue weighted by molar-refractivity contribution is 5.94. The zero-order valence-corrected chi connectivity index (χ0v) is 13.3. The van der Waals surface area contributed by atoms with Crippen molar-refractivity contribution in [1.29, 1.82) is 0 Å². The molecule has 1 amide bonds. The van der Waals surface area contributed by atoms with E-state index in [2.05, 4.69) is 5.32 Å². The molecule has 0 heterocycles. The van der Waals surface area contributed by atoms with Crippen LogP contribution in [-0.2, 0) is 16.0 Å². The first-order valence-corrected chi connectivity index (χ1v) is 7.48. The summed E-state index contributed by atoms with van der Waals surface area (Å²) in [7, 11) is 1.55. The Bertz CT molecular complexity index is 725. The number of hydrogen-bond donors (Lipinski definition) is 2. The molecule has 0 aliphatic carbocycles. The number of carboxylic acids is 1. The van der Waals surface area contributed by atoms with E-state index in [4.69, 9.17) is 4.74 Å². The zero-order chi connectivity index (χ0) is 17.4. The van der Waals surface area contributed by atoms with Gasteiger partial charge in [0.15, 0.2) is 0 Å². The van der Waals surface area contributed by atoms with Crippen molar-refractivity contribution in [3.8, 4) is 5.75 Å². The molecule has 0 fully saturated rings. The van der Waals surface area contributed by atoms with Gasteiger partial charge in [0.25, 0.3) is 0 Å². The second-order valence-corrected chi connectivity index (χ2v) is 5.16. The van der Waals surface area contributed by atoms with Crippen molar-refractivity contribution in [3.63, 3.8) is 0 Å². The Morgan fingerprint density at radius 1 is 1.12 bits per heavy atom. The van der Waals surface area contributed by atoms with Gasteiger partial charge < -0.3 is 15.2 Å². The number of carbonyl (C=O) groups is 2. The van der Waals surface area contributed by atoms with Crippen LogP contribution in [0.2, 0.25) is 0 Å². The molecule has 0 radical (unpaired) electrons. The molecule has 0 bridgehead atoms. The van der Waals surface area contributed by atoms with Crippen molar-refractivity contribution >= 4 is 18.0 Å². The molecule has 0 aromatic heterocycles. The molecule has 2 rings (SSSR count). The lowest BCUT2D eigenvalue weighted by molar-refractivity contribution is -0.141. The van der Waals surface area contributed by atoms with Crippen molar-refractivity contribution in [3.05, 3.63) is 71.8 Å². The van der Waals surface area contributed by atoms with E-state index in [-0.39, 0.29) is 6.42 Å². The van der Waals surface area contributed by atoms with Gasteiger partial charge in [-0.3, -0.25) is 4.79 Å². The summed E-state index contributed by atoms with van der Waals surface area (Å²) < 4.78 is 5.20. The minimum Gasteiger partial charge on any atom is -0.496 e. The van der Waals surface area contributed by atoms with E-state index < -0.39 is 17.9 Å². The van der Waals surface area contributed by atoms with Crippen molar-refractivity contribution in [2.24, 2.45) is 0 Å². The first kappa shape index (κ1) is 17.3. The van der Waals surface area contributed by atoms with Crippen LogP contribution >= 0.6 is 0 Å².